The summed E-state index contributed by atoms with van der Waals surface area (Å²) in [6, 6.07) is 0. The molecule has 0 rings (SSSR count). The first kappa shape index (κ1) is 15.3. The summed E-state index contributed by atoms with van der Waals surface area (Å²) >= 11 is 0. The Balaban J connectivity index is 4.60. The topological polar surface area (TPSA) is 77.0 Å². The number of rotatable bonds is 5. The van der Waals surface area contributed by atoms with Crippen molar-refractivity contribution in [1.29, 1.82) is 0 Å². The lowest BCUT2D eigenvalue weighted by atomic mass is 9.89. The maximum atomic E-state index is 12.7. The van der Waals surface area contributed by atoms with Gasteiger partial charge in [-0.2, -0.15) is 0 Å². The molecule has 0 saturated heterocycles. The van der Waals surface area contributed by atoms with Crippen molar-refractivity contribution in [3.63, 3.8) is 0 Å². The molecule has 0 spiro atoms. The van der Waals surface area contributed by atoms with Crippen LogP contribution in [0.25, 0.3) is 0 Å². The van der Waals surface area contributed by atoms with E-state index in [-0.39, 0.29) is 12.3 Å². The fraction of sp³-hybridized carbons (Fsp3) is 0.700. The minimum atomic E-state index is -0.898. The van der Waals surface area contributed by atoms with Crippen molar-refractivity contribution in [3.8, 4) is 0 Å². The lowest BCUT2D eigenvalue weighted by Gasteiger charge is -2.23. The molecule has 0 atom stereocenters. The Morgan fingerprint density at radius 1 is 1.41 bits per heavy atom. The number of oxime groups is 1. The van der Waals surface area contributed by atoms with Gasteiger partial charge in [0, 0.05) is 19.4 Å². The van der Waals surface area contributed by atoms with Gasteiger partial charge in [-0.1, -0.05) is 19.0 Å². The van der Waals surface area contributed by atoms with Crippen molar-refractivity contribution in [3.05, 3.63) is 0 Å². The van der Waals surface area contributed by atoms with Gasteiger partial charge in [0.15, 0.2) is 0 Å². The average molecular weight is 248 g/mol. The Kier molecular flexibility index (Phi) is 6.16. The van der Waals surface area contributed by atoms with Crippen LogP contribution in [0.2, 0.25) is 0 Å². The van der Waals surface area contributed by atoms with Gasteiger partial charge < -0.3 is 10.1 Å². The van der Waals surface area contributed by atoms with Gasteiger partial charge in [-0.3, -0.25) is 9.63 Å². The molecule has 1 N–H and O–H groups in total. The van der Waals surface area contributed by atoms with Crippen molar-refractivity contribution in [1.82, 2.24) is 5.32 Å². The van der Waals surface area contributed by atoms with E-state index in [4.69, 9.17) is 4.74 Å². The number of amides is 1. The minimum absolute atomic E-state index is 0.0117. The number of esters is 1. The van der Waals surface area contributed by atoms with Crippen molar-refractivity contribution >= 4 is 17.8 Å². The van der Waals surface area contributed by atoms with Crippen molar-refractivity contribution in [2.24, 2.45) is 10.6 Å². The van der Waals surface area contributed by atoms with Crippen LogP contribution < -0.4 is 5.32 Å². The normalized spacial score (nSPS) is 11.9. The van der Waals surface area contributed by atoms with Gasteiger partial charge in [0.2, 0.25) is 0 Å². The summed E-state index contributed by atoms with van der Waals surface area (Å²) in [4.78, 5) is 25.8. The van der Waals surface area contributed by atoms with E-state index in [1.807, 2.05) is 0 Å². The molecular formula is C10H17FN2O4. The Labute approximate surface area is 99.1 Å². The molecule has 0 aromatic heterocycles. The van der Waals surface area contributed by atoms with Crippen LogP contribution in [0.15, 0.2) is 5.16 Å². The second-order valence-electron chi connectivity index (χ2n) is 3.96. The summed E-state index contributed by atoms with van der Waals surface area (Å²) in [5.74, 6) is -0.469. The number of hydrogen-bond acceptors (Lipinski definition) is 5. The van der Waals surface area contributed by atoms with Crippen LogP contribution in [0.3, 0.4) is 0 Å². The van der Waals surface area contributed by atoms with Gasteiger partial charge in [-0.25, -0.2) is 9.18 Å². The smallest absolute Gasteiger partial charge is 0.433 e. The Morgan fingerprint density at radius 3 is 2.41 bits per heavy atom. The fourth-order valence-corrected chi connectivity index (χ4v) is 0.836. The molecule has 0 bridgehead atoms. The number of nitrogens with zero attached hydrogens (tertiary/aromatic N) is 1. The van der Waals surface area contributed by atoms with Crippen LogP contribution >= 0.6 is 0 Å². The lowest BCUT2D eigenvalue weighted by molar-refractivity contribution is -0.142. The van der Waals surface area contributed by atoms with Crippen LogP contribution in [0.4, 0.5) is 9.18 Å². The first-order valence-electron chi connectivity index (χ1n) is 4.99. The van der Waals surface area contributed by atoms with Crippen LogP contribution in [-0.2, 0) is 14.4 Å². The third-order valence-electron chi connectivity index (χ3n) is 1.99. The van der Waals surface area contributed by atoms with E-state index in [0.29, 0.717) is 0 Å². The molecule has 0 unspecified atom stereocenters. The second-order valence-corrected chi connectivity index (χ2v) is 3.96. The van der Waals surface area contributed by atoms with E-state index in [9.17, 15) is 14.0 Å². The monoisotopic (exact) mass is 248 g/mol. The number of hydrogen-bond donors (Lipinski definition) is 1. The van der Waals surface area contributed by atoms with E-state index in [2.05, 4.69) is 15.3 Å². The zero-order chi connectivity index (χ0) is 13.5. The maximum Gasteiger partial charge on any atom is 0.433 e. The molecular weight excluding hydrogens is 231 g/mol. The first-order valence-corrected chi connectivity index (χ1v) is 4.99. The van der Waals surface area contributed by atoms with Crippen LogP contribution in [0.1, 0.15) is 20.8 Å². The largest absolute Gasteiger partial charge is 0.465 e. The molecule has 1 amide bonds. The highest BCUT2D eigenvalue weighted by molar-refractivity contribution is 5.91. The van der Waals surface area contributed by atoms with E-state index in [1.54, 1.807) is 13.8 Å². The third-order valence-corrected chi connectivity index (χ3v) is 1.99. The van der Waals surface area contributed by atoms with Crippen LogP contribution in [0, 0.1) is 5.41 Å². The quantitative estimate of drug-likeness (QED) is 0.344. The molecule has 0 radical (unpaired) electrons. The number of carbonyl (C=O) groups excluding carboxylic acids is 2. The van der Waals surface area contributed by atoms with E-state index in [1.165, 1.54) is 14.0 Å². The number of alkyl halides is 1. The van der Waals surface area contributed by atoms with E-state index >= 15 is 0 Å². The molecule has 0 aromatic carbocycles. The van der Waals surface area contributed by atoms with Crippen molar-refractivity contribution in [2.45, 2.75) is 20.8 Å². The maximum absolute atomic E-state index is 12.7. The van der Waals surface area contributed by atoms with Crippen molar-refractivity contribution < 1.29 is 23.6 Å². The number of carbonyl (C=O) groups is 2. The predicted octanol–water partition coefficient (Wildman–Crippen LogP) is 1.26. The predicted molar refractivity (Wildman–Crippen MR) is 59.4 cm³/mol. The highest BCUT2D eigenvalue weighted by Crippen LogP contribution is 2.19. The van der Waals surface area contributed by atoms with E-state index < -0.39 is 24.2 Å². The van der Waals surface area contributed by atoms with Gasteiger partial charge in [0.1, 0.15) is 13.3 Å². The Bertz CT molecular complexity index is 315. The third kappa shape index (κ3) is 5.84. The zero-order valence-corrected chi connectivity index (χ0v) is 10.4. The summed E-state index contributed by atoms with van der Waals surface area (Å²) in [6.07, 6.45) is -0.792. The minimum Gasteiger partial charge on any atom is -0.465 e. The Morgan fingerprint density at radius 2 is 2.00 bits per heavy atom. The number of halogens is 1. The molecule has 0 aliphatic carbocycles. The summed E-state index contributed by atoms with van der Waals surface area (Å²) in [5.41, 5.74) is -0.851. The highest BCUT2D eigenvalue weighted by Gasteiger charge is 2.28. The molecule has 0 heterocycles. The van der Waals surface area contributed by atoms with Gasteiger partial charge in [0.05, 0.1) is 5.71 Å². The summed E-state index contributed by atoms with van der Waals surface area (Å²) < 4.78 is 17.5. The van der Waals surface area contributed by atoms with Gasteiger partial charge in [0.25, 0.3) is 0 Å². The SMILES string of the molecule is CNC(=O)ON=C(CF)C(C)(C)COC(C)=O. The van der Waals surface area contributed by atoms with Crippen LogP contribution in [0.5, 0.6) is 0 Å². The number of ether oxygens (including phenoxy) is 1. The molecule has 0 saturated carbocycles. The zero-order valence-electron chi connectivity index (χ0n) is 10.4. The van der Waals surface area contributed by atoms with Gasteiger partial charge in [-0.15, -0.1) is 0 Å². The average Bonchev–Trinajstić information content (AvgIpc) is 2.26. The molecule has 0 aliphatic rings. The molecule has 6 nitrogen and oxygen atoms in total. The molecule has 98 valence electrons. The van der Waals surface area contributed by atoms with E-state index in [0.717, 1.165) is 0 Å². The molecule has 17 heavy (non-hydrogen) atoms. The fourth-order valence-electron chi connectivity index (χ4n) is 0.836. The standard InChI is InChI=1S/C10H17FN2O4/c1-7(14)16-6-10(2,3)8(5-11)13-17-9(15)12-4/h5-6H2,1-4H3,(H,12,15). The molecule has 0 fully saturated rings. The highest BCUT2D eigenvalue weighted by atomic mass is 19.1. The van der Waals surface area contributed by atoms with Gasteiger partial charge >= 0.3 is 12.1 Å². The van der Waals surface area contributed by atoms with Gasteiger partial charge in [-0.05, 0) is 0 Å². The van der Waals surface area contributed by atoms with Crippen LogP contribution in [-0.4, -0.2) is 38.1 Å². The number of nitrogens with one attached hydrogen (secondary N) is 1. The molecule has 0 aliphatic heterocycles. The molecule has 7 heteroatoms. The summed E-state index contributed by atoms with van der Waals surface area (Å²) in [6.45, 7) is 3.57. The van der Waals surface area contributed by atoms with Crippen molar-refractivity contribution in [2.75, 3.05) is 20.3 Å². The summed E-state index contributed by atoms with van der Waals surface area (Å²) in [5, 5.41) is 5.57. The first-order chi connectivity index (χ1) is 7.83. The molecule has 0 aromatic rings. The lowest BCUT2D eigenvalue weighted by Crippen LogP contribution is -2.33. The second kappa shape index (κ2) is 6.82. The Hall–Kier alpha value is -1.66. The summed E-state index contributed by atoms with van der Waals surface area (Å²) in [7, 11) is 1.36.